The molecule has 1 unspecified atom stereocenters. The van der Waals surface area contributed by atoms with Gasteiger partial charge in [-0.2, -0.15) is 0 Å². The zero-order valence-corrected chi connectivity index (χ0v) is 6.30. The first kappa shape index (κ1) is 10.6. The maximum atomic E-state index is 10.8. The first-order chi connectivity index (χ1) is 5.54. The van der Waals surface area contributed by atoms with E-state index in [-0.39, 0.29) is 6.54 Å². The fourth-order valence-corrected chi connectivity index (χ4v) is 0.562. The number of rotatable bonds is 4. The van der Waals surface area contributed by atoms with Crippen molar-refractivity contribution < 1.29 is 19.8 Å². The molecule has 0 aliphatic heterocycles. The molecule has 0 aromatic carbocycles. The van der Waals surface area contributed by atoms with Crippen LogP contribution in [0.5, 0.6) is 0 Å². The second kappa shape index (κ2) is 4.47. The van der Waals surface area contributed by atoms with Crippen molar-refractivity contribution in [1.29, 1.82) is 0 Å². The molecule has 1 amide bonds. The van der Waals surface area contributed by atoms with E-state index in [2.05, 4.69) is 6.58 Å². The molecule has 0 aliphatic rings. The zero-order valence-electron chi connectivity index (χ0n) is 6.30. The summed E-state index contributed by atoms with van der Waals surface area (Å²) in [4.78, 5) is 21.5. The van der Waals surface area contributed by atoms with E-state index in [1.165, 1.54) is 0 Å². The Kier molecular flexibility index (Phi) is 3.95. The zero-order chi connectivity index (χ0) is 9.72. The Balaban J connectivity index is 4.44. The topological polar surface area (TPSA) is 104 Å². The molecule has 6 heteroatoms. The number of carboxylic acids is 1. The van der Waals surface area contributed by atoms with Crippen LogP contribution < -0.4 is 5.73 Å². The largest absolute Gasteiger partial charge is 0.478 e. The van der Waals surface area contributed by atoms with Crippen LogP contribution >= 0.6 is 0 Å². The Morgan fingerprint density at radius 2 is 2.17 bits per heavy atom. The molecule has 6 nitrogen and oxygen atoms in total. The second-order valence-electron chi connectivity index (χ2n) is 1.90. The minimum absolute atomic E-state index is 0.379. The smallest absolute Gasteiger partial charge is 0.354 e. The van der Waals surface area contributed by atoms with Crippen molar-refractivity contribution in [2.45, 2.75) is 6.23 Å². The van der Waals surface area contributed by atoms with Crippen molar-refractivity contribution in [1.82, 2.24) is 4.90 Å². The van der Waals surface area contributed by atoms with Gasteiger partial charge < -0.3 is 15.9 Å². The molecular weight excluding hydrogens is 164 g/mol. The van der Waals surface area contributed by atoms with Gasteiger partial charge in [-0.05, 0) is 0 Å². The highest BCUT2D eigenvalue weighted by atomic mass is 16.4. The van der Waals surface area contributed by atoms with Crippen LogP contribution in [0, 0.1) is 0 Å². The Labute approximate surface area is 68.9 Å². The lowest BCUT2D eigenvalue weighted by Crippen LogP contribution is -2.43. The molecule has 0 saturated carbocycles. The summed E-state index contributed by atoms with van der Waals surface area (Å²) >= 11 is 0. The SMILES string of the molecule is C=CN(C(=O)CN)C(O)C(=O)O. The predicted octanol–water partition coefficient (Wildman–Crippen LogP) is -1.68. The minimum atomic E-state index is -1.92. The van der Waals surface area contributed by atoms with E-state index in [0.29, 0.717) is 4.90 Å². The number of aliphatic hydroxyl groups excluding tert-OH is 1. The number of hydrogen-bond acceptors (Lipinski definition) is 4. The average molecular weight is 174 g/mol. The number of nitrogens with zero attached hydrogens (tertiary/aromatic N) is 1. The van der Waals surface area contributed by atoms with E-state index in [1.54, 1.807) is 0 Å². The minimum Gasteiger partial charge on any atom is -0.478 e. The molecule has 0 rings (SSSR count). The van der Waals surface area contributed by atoms with E-state index in [4.69, 9.17) is 15.9 Å². The highest BCUT2D eigenvalue weighted by Crippen LogP contribution is 1.96. The predicted molar refractivity (Wildman–Crippen MR) is 39.7 cm³/mol. The van der Waals surface area contributed by atoms with Crippen molar-refractivity contribution in [2.24, 2.45) is 5.73 Å². The van der Waals surface area contributed by atoms with E-state index in [1.807, 2.05) is 0 Å². The van der Waals surface area contributed by atoms with Crippen LogP contribution in [0.4, 0.5) is 0 Å². The van der Waals surface area contributed by atoms with Crippen molar-refractivity contribution in [2.75, 3.05) is 6.54 Å². The van der Waals surface area contributed by atoms with Crippen molar-refractivity contribution in [3.63, 3.8) is 0 Å². The number of carbonyl (C=O) groups is 2. The molecule has 0 heterocycles. The number of carbonyl (C=O) groups excluding carboxylic acids is 1. The van der Waals surface area contributed by atoms with E-state index < -0.39 is 18.1 Å². The Morgan fingerprint density at radius 1 is 1.67 bits per heavy atom. The van der Waals surface area contributed by atoms with Gasteiger partial charge in [0.15, 0.2) is 0 Å². The summed E-state index contributed by atoms with van der Waals surface area (Å²) in [6.07, 6.45) is -1.01. The maximum Gasteiger partial charge on any atom is 0.354 e. The van der Waals surface area contributed by atoms with Gasteiger partial charge in [-0.1, -0.05) is 6.58 Å². The lowest BCUT2D eigenvalue weighted by atomic mass is 10.4. The second-order valence-corrected chi connectivity index (χ2v) is 1.90. The first-order valence-electron chi connectivity index (χ1n) is 3.09. The van der Waals surface area contributed by atoms with Gasteiger partial charge in [0, 0.05) is 6.20 Å². The van der Waals surface area contributed by atoms with Crippen molar-refractivity contribution in [3.8, 4) is 0 Å². The van der Waals surface area contributed by atoms with Gasteiger partial charge >= 0.3 is 5.97 Å². The van der Waals surface area contributed by atoms with Crippen molar-refractivity contribution in [3.05, 3.63) is 12.8 Å². The van der Waals surface area contributed by atoms with Gasteiger partial charge in [0.25, 0.3) is 0 Å². The summed E-state index contributed by atoms with van der Waals surface area (Å²) in [5.41, 5.74) is 4.94. The highest BCUT2D eigenvalue weighted by Gasteiger charge is 2.23. The van der Waals surface area contributed by atoms with E-state index >= 15 is 0 Å². The van der Waals surface area contributed by atoms with Gasteiger partial charge in [0.05, 0.1) is 6.54 Å². The molecule has 0 aromatic heterocycles. The molecule has 0 bridgehead atoms. The number of aliphatic hydroxyl groups is 1. The average Bonchev–Trinajstić information content (AvgIpc) is 2.05. The molecule has 0 aromatic rings. The van der Waals surface area contributed by atoms with E-state index in [9.17, 15) is 9.59 Å². The number of amides is 1. The van der Waals surface area contributed by atoms with Gasteiger partial charge in [0.1, 0.15) is 0 Å². The quantitative estimate of drug-likeness (QED) is 0.441. The van der Waals surface area contributed by atoms with Crippen LogP contribution in [0.1, 0.15) is 0 Å². The molecular formula is C6H10N2O4. The Bertz CT molecular complexity index is 204. The third-order valence-corrected chi connectivity index (χ3v) is 1.14. The van der Waals surface area contributed by atoms with Crippen LogP contribution in [0.2, 0.25) is 0 Å². The number of hydrogen-bond donors (Lipinski definition) is 3. The number of aliphatic carboxylic acids is 1. The fraction of sp³-hybridized carbons (Fsp3) is 0.333. The molecule has 4 N–H and O–H groups in total. The molecule has 12 heavy (non-hydrogen) atoms. The fourth-order valence-electron chi connectivity index (χ4n) is 0.562. The van der Waals surface area contributed by atoms with Gasteiger partial charge in [-0.25, -0.2) is 4.79 Å². The summed E-state index contributed by atoms with van der Waals surface area (Å²) in [5, 5.41) is 17.2. The van der Waals surface area contributed by atoms with Crippen LogP contribution in [-0.2, 0) is 9.59 Å². The van der Waals surface area contributed by atoms with Crippen LogP contribution in [0.15, 0.2) is 12.8 Å². The number of carboxylic acid groups (broad SMARTS) is 1. The highest BCUT2D eigenvalue weighted by molar-refractivity contribution is 5.84. The normalized spacial score (nSPS) is 11.8. The van der Waals surface area contributed by atoms with E-state index in [0.717, 1.165) is 6.20 Å². The third-order valence-electron chi connectivity index (χ3n) is 1.14. The lowest BCUT2D eigenvalue weighted by molar-refractivity contribution is -0.160. The molecule has 0 fully saturated rings. The number of nitrogens with two attached hydrogens (primary N) is 1. The third kappa shape index (κ3) is 2.33. The molecule has 68 valence electrons. The Hall–Kier alpha value is -1.40. The monoisotopic (exact) mass is 174 g/mol. The van der Waals surface area contributed by atoms with Gasteiger partial charge in [0.2, 0.25) is 12.1 Å². The standard InChI is InChI=1S/C6H10N2O4/c1-2-8(4(9)3-7)5(10)6(11)12/h2,5,10H,1,3,7H2,(H,11,12). The van der Waals surface area contributed by atoms with Crippen LogP contribution in [0.3, 0.4) is 0 Å². The molecule has 1 atom stereocenters. The van der Waals surface area contributed by atoms with Gasteiger partial charge in [-0.3, -0.25) is 9.69 Å². The molecule has 0 spiro atoms. The summed E-state index contributed by atoms with van der Waals surface area (Å²) in [5.74, 6) is -2.24. The van der Waals surface area contributed by atoms with Gasteiger partial charge in [-0.15, -0.1) is 0 Å². The summed E-state index contributed by atoms with van der Waals surface area (Å²) < 4.78 is 0. The molecule has 0 aliphatic carbocycles. The van der Waals surface area contributed by atoms with Crippen LogP contribution in [-0.4, -0.2) is 39.8 Å². The molecule has 0 radical (unpaired) electrons. The first-order valence-corrected chi connectivity index (χ1v) is 3.09. The molecule has 0 saturated heterocycles. The summed E-state index contributed by atoms with van der Waals surface area (Å²) in [7, 11) is 0. The van der Waals surface area contributed by atoms with Crippen LogP contribution in [0.25, 0.3) is 0 Å². The Morgan fingerprint density at radius 3 is 2.42 bits per heavy atom. The summed E-state index contributed by atoms with van der Waals surface area (Å²) in [6.45, 7) is 2.78. The summed E-state index contributed by atoms with van der Waals surface area (Å²) in [6, 6.07) is 0. The maximum absolute atomic E-state index is 10.8. The van der Waals surface area contributed by atoms with Crippen molar-refractivity contribution >= 4 is 11.9 Å². The lowest BCUT2D eigenvalue weighted by Gasteiger charge is -2.19.